The number of fused-ring (bicyclic) bond motifs is 3. The average Bonchev–Trinajstić information content (AvgIpc) is 2.66. The Morgan fingerprint density at radius 2 is 2.15 bits per heavy atom. The van der Waals surface area contributed by atoms with E-state index in [-0.39, 0.29) is 5.95 Å². The first kappa shape index (κ1) is 13.4. The molecular formula is C13H21N5O2. The number of methoxy groups -OCH3 is 1. The summed E-state index contributed by atoms with van der Waals surface area (Å²) in [6, 6.07) is 2.22. The van der Waals surface area contributed by atoms with Crippen LogP contribution in [-0.4, -0.2) is 67.9 Å². The fourth-order valence-corrected chi connectivity index (χ4v) is 2.93. The molecule has 0 aliphatic carbocycles. The first-order valence-corrected chi connectivity index (χ1v) is 6.87. The quantitative estimate of drug-likeness (QED) is 0.805. The van der Waals surface area contributed by atoms with E-state index in [4.69, 9.17) is 15.2 Å². The SMILES string of the molecule is COc1cc(N2C[C@@H]3COC[C@H](C2)N(C)C3)nc(N)n1. The molecule has 7 heteroatoms. The van der Waals surface area contributed by atoms with E-state index in [1.807, 2.05) is 6.07 Å². The minimum Gasteiger partial charge on any atom is -0.481 e. The summed E-state index contributed by atoms with van der Waals surface area (Å²) in [6.45, 7) is 4.42. The second-order valence-corrected chi connectivity index (χ2v) is 5.53. The highest BCUT2D eigenvalue weighted by molar-refractivity contribution is 5.46. The molecule has 3 rings (SSSR count). The maximum Gasteiger partial charge on any atom is 0.225 e. The average molecular weight is 279 g/mol. The third kappa shape index (κ3) is 2.64. The Bertz CT molecular complexity index is 484. The Morgan fingerprint density at radius 1 is 1.30 bits per heavy atom. The Labute approximate surface area is 118 Å². The summed E-state index contributed by atoms with van der Waals surface area (Å²) in [5.41, 5.74) is 5.76. The van der Waals surface area contributed by atoms with Crippen molar-refractivity contribution in [2.75, 3.05) is 57.6 Å². The molecule has 2 aliphatic heterocycles. The number of rotatable bonds is 2. The number of likely N-dealkylation sites (N-methyl/N-ethyl adjacent to an activating group) is 1. The molecule has 0 unspecified atom stereocenters. The van der Waals surface area contributed by atoms with Crippen LogP contribution in [0.2, 0.25) is 0 Å². The van der Waals surface area contributed by atoms with Crippen molar-refractivity contribution < 1.29 is 9.47 Å². The standard InChI is InChI=1S/C13H21N5O2/c1-17-4-9-5-18(6-10(17)8-20-7-9)11-3-12(19-2)16-13(14)15-11/h3,9-10H,4-8H2,1-2H3,(H2,14,15,16)/t9-,10+/m1/s1. The molecule has 2 N–H and O–H groups in total. The van der Waals surface area contributed by atoms with Crippen LogP contribution in [0.1, 0.15) is 0 Å². The zero-order chi connectivity index (χ0) is 14.1. The molecule has 7 nitrogen and oxygen atoms in total. The number of nitrogens with zero attached hydrogens (tertiary/aromatic N) is 4. The molecular weight excluding hydrogens is 258 g/mol. The van der Waals surface area contributed by atoms with Crippen LogP contribution in [-0.2, 0) is 4.74 Å². The van der Waals surface area contributed by atoms with Crippen molar-refractivity contribution in [1.29, 1.82) is 0 Å². The number of ether oxygens (including phenoxy) is 2. The van der Waals surface area contributed by atoms with Gasteiger partial charge in [-0.25, -0.2) is 0 Å². The maximum atomic E-state index is 5.76. The van der Waals surface area contributed by atoms with Crippen molar-refractivity contribution in [2.24, 2.45) is 5.92 Å². The van der Waals surface area contributed by atoms with Gasteiger partial charge in [-0.1, -0.05) is 0 Å². The van der Waals surface area contributed by atoms with Crippen LogP contribution < -0.4 is 15.4 Å². The van der Waals surface area contributed by atoms with E-state index in [9.17, 15) is 0 Å². The Morgan fingerprint density at radius 3 is 2.95 bits per heavy atom. The van der Waals surface area contributed by atoms with Crippen LogP contribution in [0, 0.1) is 5.92 Å². The Kier molecular flexibility index (Phi) is 3.62. The van der Waals surface area contributed by atoms with Crippen LogP contribution in [0.3, 0.4) is 0 Å². The lowest BCUT2D eigenvalue weighted by Gasteiger charge is -2.30. The van der Waals surface area contributed by atoms with Gasteiger partial charge in [-0.2, -0.15) is 9.97 Å². The van der Waals surface area contributed by atoms with Gasteiger partial charge in [-0.15, -0.1) is 0 Å². The minimum absolute atomic E-state index is 0.248. The van der Waals surface area contributed by atoms with E-state index >= 15 is 0 Å². The smallest absolute Gasteiger partial charge is 0.225 e. The van der Waals surface area contributed by atoms with Crippen LogP contribution >= 0.6 is 0 Å². The van der Waals surface area contributed by atoms with Crippen molar-refractivity contribution in [1.82, 2.24) is 14.9 Å². The van der Waals surface area contributed by atoms with E-state index < -0.39 is 0 Å². The van der Waals surface area contributed by atoms with Gasteiger partial charge in [0, 0.05) is 31.6 Å². The fourth-order valence-electron chi connectivity index (χ4n) is 2.93. The predicted octanol–water partition coefficient (Wildman–Crippen LogP) is -0.166. The number of nitrogen functional groups attached to an aromatic ring is 1. The zero-order valence-corrected chi connectivity index (χ0v) is 12.0. The summed E-state index contributed by atoms with van der Waals surface area (Å²) < 4.78 is 10.9. The summed E-state index contributed by atoms with van der Waals surface area (Å²) in [4.78, 5) is 13.0. The van der Waals surface area contributed by atoms with Gasteiger partial charge >= 0.3 is 0 Å². The van der Waals surface area contributed by atoms with Crippen molar-refractivity contribution in [3.63, 3.8) is 0 Å². The van der Waals surface area contributed by atoms with Crippen LogP contribution in [0.25, 0.3) is 0 Å². The van der Waals surface area contributed by atoms with Gasteiger partial charge in [0.15, 0.2) is 0 Å². The first-order chi connectivity index (χ1) is 9.65. The van der Waals surface area contributed by atoms with Crippen LogP contribution in [0.15, 0.2) is 6.07 Å². The third-order valence-electron chi connectivity index (χ3n) is 3.98. The van der Waals surface area contributed by atoms with Crippen molar-refractivity contribution in [3.8, 4) is 5.88 Å². The zero-order valence-electron chi connectivity index (χ0n) is 12.0. The van der Waals surface area contributed by atoms with E-state index in [0.717, 1.165) is 38.7 Å². The molecule has 2 aliphatic rings. The van der Waals surface area contributed by atoms with Crippen molar-refractivity contribution in [3.05, 3.63) is 6.07 Å². The molecule has 1 aromatic rings. The van der Waals surface area contributed by atoms with Gasteiger partial charge < -0.3 is 20.1 Å². The molecule has 0 radical (unpaired) electrons. The highest BCUT2D eigenvalue weighted by Crippen LogP contribution is 2.24. The number of hydrogen-bond acceptors (Lipinski definition) is 7. The third-order valence-corrected chi connectivity index (χ3v) is 3.98. The van der Waals surface area contributed by atoms with Gasteiger partial charge in [0.1, 0.15) is 5.82 Å². The molecule has 3 heterocycles. The minimum atomic E-state index is 0.248. The molecule has 2 atom stereocenters. The fraction of sp³-hybridized carbons (Fsp3) is 0.692. The topological polar surface area (TPSA) is 76.7 Å². The summed E-state index contributed by atoms with van der Waals surface area (Å²) in [6.07, 6.45) is 0. The van der Waals surface area contributed by atoms with Crippen LogP contribution in [0.5, 0.6) is 5.88 Å². The lowest BCUT2D eigenvalue weighted by atomic mass is 10.1. The maximum absolute atomic E-state index is 5.76. The second-order valence-electron chi connectivity index (χ2n) is 5.53. The highest BCUT2D eigenvalue weighted by Gasteiger charge is 2.32. The molecule has 0 aromatic carbocycles. The van der Waals surface area contributed by atoms with E-state index in [1.165, 1.54) is 0 Å². The molecule has 110 valence electrons. The summed E-state index contributed by atoms with van der Waals surface area (Å²) >= 11 is 0. The summed E-state index contributed by atoms with van der Waals surface area (Å²) in [5.74, 6) is 2.07. The van der Waals surface area contributed by atoms with Gasteiger partial charge in [-0.05, 0) is 7.05 Å². The van der Waals surface area contributed by atoms with Gasteiger partial charge in [-0.3, -0.25) is 4.90 Å². The number of aromatic nitrogens is 2. The molecule has 1 aromatic heterocycles. The van der Waals surface area contributed by atoms with E-state index in [1.54, 1.807) is 7.11 Å². The molecule has 2 saturated heterocycles. The summed E-state index contributed by atoms with van der Waals surface area (Å²) in [7, 11) is 3.75. The Balaban J connectivity index is 1.88. The van der Waals surface area contributed by atoms with Gasteiger partial charge in [0.05, 0.1) is 26.4 Å². The van der Waals surface area contributed by atoms with E-state index in [2.05, 4.69) is 26.8 Å². The van der Waals surface area contributed by atoms with E-state index in [0.29, 0.717) is 17.8 Å². The normalized spacial score (nSPS) is 27.2. The number of anilines is 2. The molecule has 2 fully saturated rings. The van der Waals surface area contributed by atoms with Crippen molar-refractivity contribution in [2.45, 2.75) is 6.04 Å². The molecule has 2 bridgehead atoms. The van der Waals surface area contributed by atoms with Gasteiger partial charge in [0.2, 0.25) is 11.8 Å². The molecule has 0 amide bonds. The highest BCUT2D eigenvalue weighted by atomic mass is 16.5. The molecule has 0 spiro atoms. The molecule has 20 heavy (non-hydrogen) atoms. The lowest BCUT2D eigenvalue weighted by Crippen LogP contribution is -2.42. The van der Waals surface area contributed by atoms with Crippen molar-refractivity contribution >= 4 is 11.8 Å². The lowest BCUT2D eigenvalue weighted by molar-refractivity contribution is 0.0930. The predicted molar refractivity (Wildman–Crippen MR) is 75.9 cm³/mol. The largest absolute Gasteiger partial charge is 0.481 e. The first-order valence-electron chi connectivity index (χ1n) is 6.87. The van der Waals surface area contributed by atoms with Crippen LogP contribution in [0.4, 0.5) is 11.8 Å². The van der Waals surface area contributed by atoms with Gasteiger partial charge in [0.25, 0.3) is 0 Å². The monoisotopic (exact) mass is 279 g/mol. The molecule has 0 saturated carbocycles. The summed E-state index contributed by atoms with van der Waals surface area (Å²) in [5, 5.41) is 0. The second kappa shape index (κ2) is 5.41. The number of hydrogen-bond donors (Lipinski definition) is 1. The number of nitrogens with two attached hydrogens (primary N) is 1. The Hall–Kier alpha value is -1.60.